The molecule has 94 valence electrons. The second-order valence-corrected chi connectivity index (χ2v) is 3.72. The Morgan fingerprint density at radius 2 is 1.82 bits per heavy atom. The largest absolute Gasteiger partial charge is 0.394 e. The molecule has 0 aliphatic rings. The molecule has 0 spiro atoms. The maximum Gasteiger partial charge on any atom is 0.105 e. The van der Waals surface area contributed by atoms with Crippen LogP contribution in [0.4, 0.5) is 0 Å². The molecule has 0 radical (unpaired) electrons. The van der Waals surface area contributed by atoms with Gasteiger partial charge >= 0.3 is 0 Å². The van der Waals surface area contributed by atoms with Gasteiger partial charge in [-0.1, -0.05) is 36.4 Å². The number of rotatable bonds is 7. The second kappa shape index (κ2) is 7.19. The van der Waals surface area contributed by atoms with Gasteiger partial charge in [-0.2, -0.15) is 0 Å². The summed E-state index contributed by atoms with van der Waals surface area (Å²) < 4.78 is 5.42. The fraction of sp³-hybridized carbons (Fsp3) is 0.385. The van der Waals surface area contributed by atoms with E-state index >= 15 is 0 Å². The molecule has 17 heavy (non-hydrogen) atoms. The molecule has 0 saturated carbocycles. The number of ether oxygens (including phenoxy) is 1. The zero-order valence-electron chi connectivity index (χ0n) is 9.57. The Balaban J connectivity index is 2.51. The van der Waals surface area contributed by atoms with Crippen LogP contribution in [0.1, 0.15) is 11.7 Å². The summed E-state index contributed by atoms with van der Waals surface area (Å²) in [5.41, 5.74) is 0.924. The first-order valence-corrected chi connectivity index (χ1v) is 5.45. The van der Waals surface area contributed by atoms with Gasteiger partial charge in [0.1, 0.15) is 18.3 Å². The van der Waals surface area contributed by atoms with Crippen molar-refractivity contribution in [2.24, 2.45) is 0 Å². The lowest BCUT2D eigenvalue weighted by Crippen LogP contribution is -2.33. The molecule has 0 aromatic heterocycles. The summed E-state index contributed by atoms with van der Waals surface area (Å²) in [5, 5.41) is 27.3. The lowest BCUT2D eigenvalue weighted by atomic mass is 10.1. The first-order chi connectivity index (χ1) is 8.19. The van der Waals surface area contributed by atoms with Crippen LogP contribution in [0, 0.1) is 0 Å². The van der Waals surface area contributed by atoms with E-state index in [9.17, 15) is 10.2 Å². The first-order valence-electron chi connectivity index (χ1n) is 5.45. The molecule has 0 aliphatic heterocycles. The van der Waals surface area contributed by atoms with E-state index in [4.69, 9.17) is 9.84 Å². The van der Waals surface area contributed by atoms with E-state index in [2.05, 4.69) is 6.58 Å². The minimum atomic E-state index is -1.18. The molecule has 0 heterocycles. The van der Waals surface area contributed by atoms with Crippen LogP contribution in [0.2, 0.25) is 0 Å². The van der Waals surface area contributed by atoms with Crippen molar-refractivity contribution in [3.63, 3.8) is 0 Å². The average Bonchev–Trinajstić information content (AvgIpc) is 2.39. The van der Waals surface area contributed by atoms with E-state index in [0.29, 0.717) is 0 Å². The number of hydrogen-bond acceptors (Lipinski definition) is 4. The highest BCUT2D eigenvalue weighted by Crippen LogP contribution is 2.18. The third kappa shape index (κ3) is 4.28. The maximum atomic E-state index is 9.44. The van der Waals surface area contributed by atoms with E-state index in [1.165, 1.54) is 0 Å². The molecule has 1 rings (SSSR count). The summed E-state index contributed by atoms with van der Waals surface area (Å²) in [4.78, 5) is 0. The van der Waals surface area contributed by atoms with Crippen LogP contribution in [0.3, 0.4) is 0 Å². The number of hydrogen-bond donors (Lipinski definition) is 3. The normalized spacial score (nSPS) is 16.2. The maximum absolute atomic E-state index is 9.44. The van der Waals surface area contributed by atoms with Gasteiger partial charge < -0.3 is 20.1 Å². The van der Waals surface area contributed by atoms with Gasteiger partial charge in [0.05, 0.1) is 13.2 Å². The molecule has 4 nitrogen and oxygen atoms in total. The van der Waals surface area contributed by atoms with Crippen molar-refractivity contribution < 1.29 is 20.1 Å². The predicted molar refractivity (Wildman–Crippen MR) is 64.4 cm³/mol. The molecule has 0 aliphatic carbocycles. The Morgan fingerprint density at radius 1 is 1.18 bits per heavy atom. The fourth-order valence-electron chi connectivity index (χ4n) is 1.38. The van der Waals surface area contributed by atoms with Crippen LogP contribution in [0.15, 0.2) is 43.0 Å². The van der Waals surface area contributed by atoms with E-state index in [1.54, 1.807) is 6.08 Å². The van der Waals surface area contributed by atoms with Crippen molar-refractivity contribution in [3.8, 4) is 0 Å². The SMILES string of the molecule is C=CC(OC[C@H](O)[C@H](O)CO)c1ccccc1. The van der Waals surface area contributed by atoms with E-state index in [0.717, 1.165) is 5.56 Å². The van der Waals surface area contributed by atoms with Gasteiger partial charge in [0.15, 0.2) is 0 Å². The standard InChI is InChI=1S/C13H18O4/c1-2-13(10-6-4-3-5-7-10)17-9-12(16)11(15)8-14/h2-7,11-16H,1,8-9H2/t11-,12+,13?/m1/s1. The van der Waals surface area contributed by atoms with E-state index < -0.39 is 18.8 Å². The van der Waals surface area contributed by atoms with Gasteiger partial charge in [0.2, 0.25) is 0 Å². The van der Waals surface area contributed by atoms with Gasteiger partial charge in [-0.15, -0.1) is 6.58 Å². The van der Waals surface area contributed by atoms with E-state index in [-0.39, 0.29) is 12.7 Å². The minimum Gasteiger partial charge on any atom is -0.394 e. The summed E-state index contributed by atoms with van der Waals surface area (Å²) in [5.74, 6) is 0. The molecule has 0 amide bonds. The monoisotopic (exact) mass is 238 g/mol. The number of benzene rings is 1. The van der Waals surface area contributed by atoms with Crippen LogP contribution in [-0.2, 0) is 4.74 Å². The van der Waals surface area contributed by atoms with Gasteiger partial charge in [-0.3, -0.25) is 0 Å². The summed E-state index contributed by atoms with van der Waals surface area (Å²) in [7, 11) is 0. The molecule has 0 fully saturated rings. The van der Waals surface area contributed by atoms with E-state index in [1.807, 2.05) is 30.3 Å². The second-order valence-electron chi connectivity index (χ2n) is 3.72. The van der Waals surface area contributed by atoms with Crippen molar-refractivity contribution in [3.05, 3.63) is 48.6 Å². The topological polar surface area (TPSA) is 69.9 Å². The van der Waals surface area contributed by atoms with Gasteiger partial charge in [0.25, 0.3) is 0 Å². The van der Waals surface area contributed by atoms with Gasteiger partial charge in [0, 0.05) is 0 Å². The lowest BCUT2D eigenvalue weighted by Gasteiger charge is -2.19. The van der Waals surface area contributed by atoms with Crippen LogP contribution in [-0.4, -0.2) is 40.7 Å². The Bertz CT molecular complexity index is 325. The molecular weight excluding hydrogens is 220 g/mol. The highest BCUT2D eigenvalue weighted by molar-refractivity contribution is 5.20. The van der Waals surface area contributed by atoms with Crippen molar-refractivity contribution >= 4 is 0 Å². The summed E-state index contributed by atoms with van der Waals surface area (Å²) in [6, 6.07) is 9.44. The number of aliphatic hydroxyl groups excluding tert-OH is 3. The van der Waals surface area contributed by atoms with Crippen LogP contribution in [0.5, 0.6) is 0 Å². The Kier molecular flexibility index (Phi) is 5.86. The Hall–Kier alpha value is -1.20. The Labute approximate surface area is 101 Å². The molecule has 1 aromatic carbocycles. The van der Waals surface area contributed by atoms with Crippen LogP contribution in [0.25, 0.3) is 0 Å². The predicted octanol–water partition coefficient (Wildman–Crippen LogP) is 0.644. The summed E-state index contributed by atoms with van der Waals surface area (Å²) >= 11 is 0. The summed E-state index contributed by atoms with van der Waals surface area (Å²) in [6.07, 6.45) is -1.01. The van der Waals surface area contributed by atoms with Crippen LogP contribution >= 0.6 is 0 Å². The van der Waals surface area contributed by atoms with Crippen molar-refractivity contribution in [2.45, 2.75) is 18.3 Å². The average molecular weight is 238 g/mol. The molecule has 3 atom stereocenters. The Morgan fingerprint density at radius 3 is 2.35 bits per heavy atom. The smallest absolute Gasteiger partial charge is 0.105 e. The van der Waals surface area contributed by atoms with Crippen molar-refractivity contribution in [2.75, 3.05) is 13.2 Å². The molecule has 0 saturated heterocycles. The third-order valence-electron chi connectivity index (χ3n) is 2.42. The zero-order valence-corrected chi connectivity index (χ0v) is 9.57. The minimum absolute atomic E-state index is 0.0622. The number of aliphatic hydroxyl groups is 3. The molecule has 1 unspecified atom stereocenters. The highest BCUT2D eigenvalue weighted by Gasteiger charge is 2.17. The van der Waals surface area contributed by atoms with Crippen molar-refractivity contribution in [1.29, 1.82) is 0 Å². The van der Waals surface area contributed by atoms with Gasteiger partial charge in [-0.05, 0) is 5.56 Å². The summed E-state index contributed by atoms with van der Waals surface area (Å²) in [6.45, 7) is 3.11. The van der Waals surface area contributed by atoms with Gasteiger partial charge in [-0.25, -0.2) is 0 Å². The molecular formula is C13H18O4. The molecule has 3 N–H and O–H groups in total. The third-order valence-corrected chi connectivity index (χ3v) is 2.42. The quantitative estimate of drug-likeness (QED) is 0.610. The first kappa shape index (κ1) is 13.9. The molecule has 1 aromatic rings. The molecule has 0 bridgehead atoms. The lowest BCUT2D eigenvalue weighted by molar-refractivity contribution is -0.0674. The van der Waals surface area contributed by atoms with Crippen LogP contribution < -0.4 is 0 Å². The van der Waals surface area contributed by atoms with Crippen molar-refractivity contribution in [1.82, 2.24) is 0 Å². The highest BCUT2D eigenvalue weighted by atomic mass is 16.5. The fourth-order valence-corrected chi connectivity index (χ4v) is 1.38. The molecule has 4 heteroatoms. The zero-order chi connectivity index (χ0) is 12.7.